The Morgan fingerprint density at radius 3 is 2.46 bits per heavy atom. The van der Waals surface area contributed by atoms with Crippen molar-refractivity contribution in [2.45, 2.75) is 68.0 Å². The number of morpholine rings is 1. The molecule has 9 nitrogen and oxygen atoms in total. The Balaban J connectivity index is 1.19. The highest BCUT2D eigenvalue weighted by Crippen LogP contribution is 2.37. The van der Waals surface area contributed by atoms with Crippen molar-refractivity contribution in [1.29, 1.82) is 0 Å². The minimum Gasteiger partial charge on any atom is -0.373 e. The third-order valence-electron chi connectivity index (χ3n) is 7.48. The van der Waals surface area contributed by atoms with Crippen LogP contribution in [0.2, 0.25) is 4.34 Å². The fourth-order valence-corrected chi connectivity index (χ4v) is 9.52. The van der Waals surface area contributed by atoms with Crippen molar-refractivity contribution < 1.29 is 22.7 Å². The lowest BCUT2D eigenvalue weighted by molar-refractivity contribution is -0.144. The van der Waals surface area contributed by atoms with Gasteiger partial charge in [0.15, 0.2) is 0 Å². The van der Waals surface area contributed by atoms with E-state index in [9.17, 15) is 18.0 Å². The number of thiophene rings is 2. The smallest absolute Gasteiger partial charge is 0.250 e. The molecule has 3 aliphatic heterocycles. The summed E-state index contributed by atoms with van der Waals surface area (Å²) in [5.41, 5.74) is 0. The van der Waals surface area contributed by atoms with Crippen LogP contribution in [0.25, 0.3) is 9.75 Å². The number of rotatable bonds is 8. The zero-order valence-electron chi connectivity index (χ0n) is 22.2. The van der Waals surface area contributed by atoms with Crippen LogP contribution in [0.3, 0.4) is 0 Å². The lowest BCUT2D eigenvalue weighted by Gasteiger charge is -2.39. The highest BCUT2D eigenvalue weighted by atomic mass is 35.5. The molecule has 0 aliphatic carbocycles. The number of halogens is 1. The summed E-state index contributed by atoms with van der Waals surface area (Å²) in [7, 11) is -3.89. The average molecular weight is 615 g/mol. The molecule has 5 heterocycles. The molecule has 0 bridgehead atoms. The Morgan fingerprint density at radius 1 is 1.05 bits per heavy atom. The van der Waals surface area contributed by atoms with Gasteiger partial charge in [0.1, 0.15) is 10.3 Å². The molecular formula is C26H35ClN4O5S3. The maximum absolute atomic E-state index is 13.3. The molecule has 13 heteroatoms. The summed E-state index contributed by atoms with van der Waals surface area (Å²) < 4.78 is 35.5. The van der Waals surface area contributed by atoms with Crippen molar-refractivity contribution in [3.05, 3.63) is 28.6 Å². The lowest BCUT2D eigenvalue weighted by Crippen LogP contribution is -2.56. The molecule has 214 valence electrons. The summed E-state index contributed by atoms with van der Waals surface area (Å²) in [4.78, 5) is 34.1. The topological polar surface area (TPSA) is 99.3 Å². The first kappa shape index (κ1) is 29.0. The maximum Gasteiger partial charge on any atom is 0.250 e. The summed E-state index contributed by atoms with van der Waals surface area (Å²) in [6.07, 6.45) is 3.26. The third-order valence-corrected chi connectivity index (χ3v) is 12.0. The van der Waals surface area contributed by atoms with E-state index in [2.05, 4.69) is 23.5 Å². The normalized spacial score (nSPS) is 26.9. The molecule has 2 unspecified atom stereocenters. The van der Waals surface area contributed by atoms with Gasteiger partial charge in [-0.3, -0.25) is 14.5 Å². The molecule has 2 aromatic heterocycles. The average Bonchev–Trinajstić information content (AvgIpc) is 3.62. The largest absolute Gasteiger partial charge is 0.373 e. The Kier molecular flexibility index (Phi) is 9.02. The first-order chi connectivity index (χ1) is 18.6. The number of piperidine rings is 1. The van der Waals surface area contributed by atoms with Gasteiger partial charge in [-0.05, 0) is 63.8 Å². The number of nitrogens with zero attached hydrogens (tertiary/aromatic N) is 3. The van der Waals surface area contributed by atoms with E-state index < -0.39 is 16.1 Å². The number of hydrogen-bond acceptors (Lipinski definition) is 8. The molecule has 39 heavy (non-hydrogen) atoms. The molecular weight excluding hydrogens is 580 g/mol. The second kappa shape index (κ2) is 12.1. The molecule has 3 fully saturated rings. The minimum absolute atomic E-state index is 0.0221. The number of amides is 2. The van der Waals surface area contributed by atoms with E-state index in [1.165, 1.54) is 16.2 Å². The monoisotopic (exact) mass is 614 g/mol. The van der Waals surface area contributed by atoms with Crippen LogP contribution in [0.1, 0.15) is 39.5 Å². The van der Waals surface area contributed by atoms with Crippen LogP contribution < -0.4 is 4.72 Å². The molecule has 2 amide bonds. The molecule has 0 aromatic carbocycles. The molecule has 0 radical (unpaired) electrons. The van der Waals surface area contributed by atoms with Crippen LogP contribution in [0.5, 0.6) is 0 Å². The maximum atomic E-state index is 13.3. The summed E-state index contributed by atoms with van der Waals surface area (Å²) in [5.74, 6) is -0.409. The number of carbonyl (C=O) groups is 2. The van der Waals surface area contributed by atoms with Gasteiger partial charge in [-0.2, -0.15) is 4.72 Å². The van der Waals surface area contributed by atoms with Crippen molar-refractivity contribution in [3.8, 4) is 9.75 Å². The Labute approximate surface area is 243 Å². The predicted octanol–water partition coefficient (Wildman–Crippen LogP) is 3.50. The second-order valence-corrected chi connectivity index (χ2v) is 15.4. The first-order valence-corrected chi connectivity index (χ1v) is 16.9. The van der Waals surface area contributed by atoms with Crippen LogP contribution >= 0.6 is 34.3 Å². The number of nitrogens with one attached hydrogen (secondary N) is 1. The number of carbonyl (C=O) groups excluding carboxylic acids is 2. The third kappa shape index (κ3) is 6.86. The van der Waals surface area contributed by atoms with Crippen molar-refractivity contribution in [2.24, 2.45) is 0 Å². The van der Waals surface area contributed by atoms with Gasteiger partial charge < -0.3 is 14.5 Å². The van der Waals surface area contributed by atoms with E-state index in [4.69, 9.17) is 16.3 Å². The Hall–Kier alpha value is -1.54. The SMILES string of the molecule is CC1CN(C[C@@H]2CCCN2C(=O)CN2CCC[C@H](NS(=O)(=O)c3ccc(-c4ccc(Cl)s4)s3)C2=O)CC(C)O1. The summed E-state index contributed by atoms with van der Waals surface area (Å²) in [6, 6.07) is 6.17. The number of ether oxygens (including phenoxy) is 1. The van der Waals surface area contributed by atoms with Gasteiger partial charge in [0.2, 0.25) is 11.8 Å². The predicted molar refractivity (Wildman–Crippen MR) is 154 cm³/mol. The van der Waals surface area contributed by atoms with Gasteiger partial charge in [-0.25, -0.2) is 8.42 Å². The highest BCUT2D eigenvalue weighted by molar-refractivity contribution is 7.91. The fourth-order valence-electron chi connectivity index (χ4n) is 5.84. The fraction of sp³-hybridized carbons (Fsp3) is 0.615. The quantitative estimate of drug-likeness (QED) is 0.489. The van der Waals surface area contributed by atoms with Crippen LogP contribution in [-0.4, -0.2) is 98.5 Å². The van der Waals surface area contributed by atoms with Gasteiger partial charge in [0, 0.05) is 48.5 Å². The Morgan fingerprint density at radius 2 is 1.74 bits per heavy atom. The van der Waals surface area contributed by atoms with Crippen LogP contribution in [0.15, 0.2) is 28.5 Å². The molecule has 2 aromatic rings. The molecule has 4 atom stereocenters. The van der Waals surface area contributed by atoms with Crippen molar-refractivity contribution in [1.82, 2.24) is 19.4 Å². The van der Waals surface area contributed by atoms with Gasteiger partial charge in [-0.15, -0.1) is 22.7 Å². The Bertz CT molecular complexity index is 1290. The summed E-state index contributed by atoms with van der Waals surface area (Å²) >= 11 is 8.55. The van der Waals surface area contributed by atoms with E-state index in [0.29, 0.717) is 30.3 Å². The molecule has 0 spiro atoms. The second-order valence-electron chi connectivity index (χ2n) is 10.7. The molecule has 0 saturated carbocycles. The summed E-state index contributed by atoms with van der Waals surface area (Å²) in [5, 5.41) is 0. The lowest BCUT2D eigenvalue weighted by atomic mass is 10.1. The van der Waals surface area contributed by atoms with Crippen molar-refractivity contribution in [2.75, 3.05) is 39.3 Å². The van der Waals surface area contributed by atoms with Gasteiger partial charge in [-0.1, -0.05) is 11.6 Å². The first-order valence-electron chi connectivity index (χ1n) is 13.4. The standard InChI is InChI=1S/C26H35ClN4O5S3/c1-17-13-29(14-18(2)36-17)15-19-5-3-12-31(19)24(32)16-30-11-4-6-20(26(30)33)28-39(34,35)25-10-8-22(38-25)21-7-9-23(27)37-21/h7-10,17-20,28H,3-6,11-16H2,1-2H3/t17?,18?,19-,20-/m0/s1. The molecule has 3 aliphatic rings. The highest BCUT2D eigenvalue weighted by Gasteiger charge is 2.37. The molecule has 1 N–H and O–H groups in total. The van der Waals surface area contributed by atoms with Gasteiger partial charge in [0.25, 0.3) is 10.0 Å². The van der Waals surface area contributed by atoms with E-state index in [1.807, 2.05) is 11.0 Å². The minimum atomic E-state index is -3.89. The number of hydrogen-bond donors (Lipinski definition) is 1. The summed E-state index contributed by atoms with van der Waals surface area (Å²) in [6.45, 7) is 7.76. The van der Waals surface area contributed by atoms with Crippen LogP contribution in [0, 0.1) is 0 Å². The van der Waals surface area contributed by atoms with E-state index in [1.54, 1.807) is 18.2 Å². The zero-order chi connectivity index (χ0) is 27.7. The van der Waals surface area contributed by atoms with Crippen LogP contribution in [-0.2, 0) is 24.3 Å². The van der Waals surface area contributed by atoms with E-state index in [-0.39, 0.29) is 40.8 Å². The van der Waals surface area contributed by atoms with Crippen molar-refractivity contribution in [3.63, 3.8) is 0 Å². The van der Waals surface area contributed by atoms with E-state index >= 15 is 0 Å². The molecule has 5 rings (SSSR count). The van der Waals surface area contributed by atoms with Gasteiger partial charge in [0.05, 0.1) is 23.1 Å². The number of likely N-dealkylation sites (tertiary alicyclic amines) is 2. The zero-order valence-corrected chi connectivity index (χ0v) is 25.4. The number of sulfonamides is 1. The van der Waals surface area contributed by atoms with Gasteiger partial charge >= 0.3 is 0 Å². The molecule has 3 saturated heterocycles. The van der Waals surface area contributed by atoms with Crippen molar-refractivity contribution >= 4 is 56.1 Å². The van der Waals surface area contributed by atoms with E-state index in [0.717, 1.165) is 53.6 Å². The van der Waals surface area contributed by atoms with Crippen LogP contribution in [0.4, 0.5) is 0 Å².